The molecule has 2 atom stereocenters. The van der Waals surface area contributed by atoms with E-state index in [0.29, 0.717) is 24.2 Å². The fourth-order valence-electron chi connectivity index (χ4n) is 4.52. The van der Waals surface area contributed by atoms with Gasteiger partial charge in [0.1, 0.15) is 5.82 Å². The lowest BCUT2D eigenvalue weighted by Crippen LogP contribution is -2.50. The molecule has 1 aromatic carbocycles. The number of nitrogens with zero attached hydrogens (tertiary/aromatic N) is 4. The number of piperidine rings is 1. The predicted molar refractivity (Wildman–Crippen MR) is 95.3 cm³/mol. The Morgan fingerprint density at radius 3 is 2.96 bits per heavy atom. The minimum atomic E-state index is -0.208. The van der Waals surface area contributed by atoms with Crippen LogP contribution in [0.25, 0.3) is 0 Å². The third kappa shape index (κ3) is 2.90. The van der Waals surface area contributed by atoms with Crippen LogP contribution in [-0.4, -0.2) is 45.1 Å². The van der Waals surface area contributed by atoms with Gasteiger partial charge in [-0.25, -0.2) is 4.39 Å². The summed E-state index contributed by atoms with van der Waals surface area (Å²) in [6.07, 6.45) is 1.86. The van der Waals surface area contributed by atoms with Crippen molar-refractivity contribution >= 4 is 23.1 Å². The van der Waals surface area contributed by atoms with E-state index in [4.69, 9.17) is 0 Å². The van der Waals surface area contributed by atoms with Crippen molar-refractivity contribution < 1.29 is 9.18 Å². The molecule has 1 aromatic heterocycles. The van der Waals surface area contributed by atoms with Crippen molar-refractivity contribution in [1.29, 1.82) is 0 Å². The van der Waals surface area contributed by atoms with Crippen molar-refractivity contribution in [2.24, 2.45) is 5.92 Å². The largest absolute Gasteiger partial charge is 0.363 e. The normalized spacial score (nSPS) is 25.1. The molecule has 3 heterocycles. The summed E-state index contributed by atoms with van der Waals surface area (Å²) in [5.41, 5.74) is 1.30. The van der Waals surface area contributed by atoms with E-state index in [2.05, 4.69) is 28.3 Å². The molecule has 2 aliphatic rings. The van der Waals surface area contributed by atoms with Gasteiger partial charge in [-0.2, -0.15) is 0 Å². The van der Waals surface area contributed by atoms with Gasteiger partial charge in [-0.1, -0.05) is 10.6 Å². The van der Waals surface area contributed by atoms with Crippen LogP contribution in [0.4, 0.5) is 10.1 Å². The number of hydrogen-bond acceptors (Lipinski definition) is 5. The molecule has 0 saturated carbocycles. The van der Waals surface area contributed by atoms with Gasteiger partial charge in [0.25, 0.3) is 5.91 Å². The first-order valence-corrected chi connectivity index (χ1v) is 9.40. The van der Waals surface area contributed by atoms with Crippen LogP contribution in [0.2, 0.25) is 0 Å². The monoisotopic (exact) mass is 360 g/mol. The van der Waals surface area contributed by atoms with E-state index < -0.39 is 0 Å². The van der Waals surface area contributed by atoms with E-state index in [9.17, 15) is 9.18 Å². The van der Waals surface area contributed by atoms with Gasteiger partial charge in [-0.15, -0.1) is 5.10 Å². The third-order valence-corrected chi connectivity index (χ3v) is 5.90. The van der Waals surface area contributed by atoms with Gasteiger partial charge in [-0.3, -0.25) is 4.79 Å². The van der Waals surface area contributed by atoms with Gasteiger partial charge in [-0.05, 0) is 62.3 Å². The highest BCUT2D eigenvalue weighted by Crippen LogP contribution is 2.44. The molecule has 2 aliphatic heterocycles. The Balaban J connectivity index is 1.57. The molecule has 25 heavy (non-hydrogen) atoms. The van der Waals surface area contributed by atoms with Crippen molar-refractivity contribution in [2.75, 3.05) is 18.0 Å². The fraction of sp³-hybridized carbons (Fsp3) is 0.500. The molecule has 0 radical (unpaired) electrons. The van der Waals surface area contributed by atoms with E-state index in [1.807, 2.05) is 11.0 Å². The van der Waals surface area contributed by atoms with Crippen LogP contribution in [-0.2, 0) is 0 Å². The zero-order valence-corrected chi connectivity index (χ0v) is 15.2. The van der Waals surface area contributed by atoms with E-state index in [0.717, 1.165) is 25.1 Å². The van der Waals surface area contributed by atoms with Crippen LogP contribution in [0, 0.1) is 11.7 Å². The SMILES string of the molecule is CC1(C)C[C@@H]2CN(C(=O)c3csnn3)CC[C@@H]2N1c1cccc(F)c1. The second-order valence-corrected chi connectivity index (χ2v) is 8.13. The first kappa shape index (κ1) is 16.4. The average Bonchev–Trinajstić information content (AvgIpc) is 3.17. The Morgan fingerprint density at radius 2 is 2.24 bits per heavy atom. The molecule has 0 spiro atoms. The van der Waals surface area contributed by atoms with Gasteiger partial charge in [0, 0.05) is 35.7 Å². The number of likely N-dealkylation sites (tertiary alicyclic amines) is 1. The summed E-state index contributed by atoms with van der Waals surface area (Å²) in [6.45, 7) is 5.81. The quantitative estimate of drug-likeness (QED) is 0.825. The number of anilines is 1. The zero-order chi connectivity index (χ0) is 17.6. The fourth-order valence-corrected chi connectivity index (χ4v) is 4.95. The van der Waals surface area contributed by atoms with Gasteiger partial charge < -0.3 is 9.80 Å². The molecule has 5 nitrogen and oxygen atoms in total. The van der Waals surface area contributed by atoms with Gasteiger partial charge in [0.05, 0.1) is 0 Å². The molecular weight excluding hydrogens is 339 g/mol. The summed E-state index contributed by atoms with van der Waals surface area (Å²) in [6, 6.07) is 7.16. The van der Waals surface area contributed by atoms with Crippen molar-refractivity contribution in [2.45, 2.75) is 38.3 Å². The van der Waals surface area contributed by atoms with Crippen LogP contribution in [0.5, 0.6) is 0 Å². The minimum Gasteiger partial charge on any atom is -0.363 e. The van der Waals surface area contributed by atoms with Crippen molar-refractivity contribution in [1.82, 2.24) is 14.5 Å². The smallest absolute Gasteiger partial charge is 0.275 e. The molecule has 7 heteroatoms. The van der Waals surface area contributed by atoms with E-state index in [-0.39, 0.29) is 17.3 Å². The molecule has 2 saturated heterocycles. The lowest BCUT2D eigenvalue weighted by atomic mass is 9.89. The maximum atomic E-state index is 13.7. The standard InChI is InChI=1S/C18H21FN4OS/c1-18(2)9-12-10-22(17(24)15-11-25-21-20-15)7-6-16(12)23(18)14-5-3-4-13(19)8-14/h3-5,8,11-12,16H,6-7,9-10H2,1-2H3/t12-,16+/m1/s1. The number of aromatic nitrogens is 2. The highest BCUT2D eigenvalue weighted by atomic mass is 32.1. The van der Waals surface area contributed by atoms with E-state index >= 15 is 0 Å². The first-order valence-electron chi connectivity index (χ1n) is 8.57. The highest BCUT2D eigenvalue weighted by molar-refractivity contribution is 7.03. The third-order valence-electron chi connectivity index (χ3n) is 5.39. The van der Waals surface area contributed by atoms with Crippen LogP contribution in [0.3, 0.4) is 0 Å². The maximum Gasteiger partial charge on any atom is 0.275 e. The van der Waals surface area contributed by atoms with Crippen LogP contribution < -0.4 is 4.90 Å². The van der Waals surface area contributed by atoms with Crippen molar-refractivity contribution in [3.63, 3.8) is 0 Å². The first-order chi connectivity index (χ1) is 12.0. The average molecular weight is 360 g/mol. The molecule has 2 fully saturated rings. The Morgan fingerprint density at radius 1 is 1.40 bits per heavy atom. The van der Waals surface area contributed by atoms with Crippen LogP contribution in [0.1, 0.15) is 37.2 Å². The molecule has 4 rings (SSSR count). The molecule has 0 N–H and O–H groups in total. The Hall–Kier alpha value is -2.02. The number of amides is 1. The zero-order valence-electron chi connectivity index (χ0n) is 14.4. The summed E-state index contributed by atoms with van der Waals surface area (Å²) >= 11 is 1.20. The number of rotatable bonds is 2. The Kier molecular flexibility index (Phi) is 3.98. The van der Waals surface area contributed by atoms with Gasteiger partial charge >= 0.3 is 0 Å². The maximum absolute atomic E-state index is 13.7. The summed E-state index contributed by atoms with van der Waals surface area (Å²) in [4.78, 5) is 16.8. The van der Waals surface area contributed by atoms with E-state index in [1.165, 1.54) is 17.6 Å². The molecular formula is C18H21FN4OS. The van der Waals surface area contributed by atoms with E-state index in [1.54, 1.807) is 17.5 Å². The molecule has 132 valence electrons. The van der Waals surface area contributed by atoms with Crippen molar-refractivity contribution in [3.8, 4) is 0 Å². The molecule has 0 bridgehead atoms. The summed E-state index contributed by atoms with van der Waals surface area (Å²) in [5, 5.41) is 5.60. The van der Waals surface area contributed by atoms with Crippen LogP contribution in [0.15, 0.2) is 29.6 Å². The second-order valence-electron chi connectivity index (χ2n) is 7.52. The number of halogens is 1. The summed E-state index contributed by atoms with van der Waals surface area (Å²) in [7, 11) is 0. The number of fused-ring (bicyclic) bond motifs is 1. The lowest BCUT2D eigenvalue weighted by molar-refractivity contribution is 0.0661. The number of hydrogen-bond donors (Lipinski definition) is 0. The number of carbonyl (C=O) groups is 1. The highest BCUT2D eigenvalue weighted by Gasteiger charge is 2.48. The Labute approximate surface area is 150 Å². The van der Waals surface area contributed by atoms with Crippen LogP contribution >= 0.6 is 11.5 Å². The predicted octanol–water partition coefficient (Wildman–Crippen LogP) is 3.20. The van der Waals surface area contributed by atoms with Gasteiger partial charge in [0.15, 0.2) is 5.69 Å². The number of carbonyl (C=O) groups excluding carboxylic acids is 1. The summed E-state index contributed by atoms with van der Waals surface area (Å²) in [5.74, 6) is 0.136. The lowest BCUT2D eigenvalue weighted by Gasteiger charge is -2.41. The minimum absolute atomic E-state index is 0.0331. The molecule has 1 amide bonds. The molecule has 0 aliphatic carbocycles. The number of benzene rings is 1. The topological polar surface area (TPSA) is 49.3 Å². The summed E-state index contributed by atoms with van der Waals surface area (Å²) < 4.78 is 17.5. The second kappa shape index (κ2) is 6.05. The Bertz CT molecular complexity index is 779. The molecule has 2 aromatic rings. The molecule has 0 unspecified atom stereocenters. The van der Waals surface area contributed by atoms with Crippen molar-refractivity contribution in [3.05, 3.63) is 41.2 Å². The van der Waals surface area contributed by atoms with Gasteiger partial charge in [0.2, 0.25) is 0 Å².